The van der Waals surface area contributed by atoms with Crippen molar-refractivity contribution in [3.63, 3.8) is 0 Å². The average molecular weight is 396 g/mol. The molecular formula is C17H15BrFNO4. The van der Waals surface area contributed by atoms with Crippen LogP contribution in [0.15, 0.2) is 53.0 Å². The number of carboxylic acids is 1. The summed E-state index contributed by atoms with van der Waals surface area (Å²) in [7, 11) is 0. The van der Waals surface area contributed by atoms with Crippen LogP contribution in [0.25, 0.3) is 0 Å². The Kier molecular flexibility index (Phi) is 6.31. The maximum absolute atomic E-state index is 13.6. The highest BCUT2D eigenvalue weighted by atomic mass is 79.9. The summed E-state index contributed by atoms with van der Waals surface area (Å²) in [6, 6.07) is 12.3. The molecule has 1 atom stereocenters. The van der Waals surface area contributed by atoms with Gasteiger partial charge in [-0.2, -0.15) is 0 Å². The maximum atomic E-state index is 13.6. The summed E-state index contributed by atoms with van der Waals surface area (Å²) in [6.07, 6.45) is -1.16. The first-order valence-electron chi connectivity index (χ1n) is 7.09. The smallest absolute Gasteiger partial charge is 0.407 e. The number of hydrogen-bond donors (Lipinski definition) is 2. The molecule has 0 spiro atoms. The van der Waals surface area contributed by atoms with Crippen molar-refractivity contribution in [2.75, 3.05) is 0 Å². The van der Waals surface area contributed by atoms with Gasteiger partial charge < -0.3 is 15.2 Å². The number of carbonyl (C=O) groups excluding carboxylic acids is 1. The van der Waals surface area contributed by atoms with Gasteiger partial charge in [-0.15, -0.1) is 0 Å². The van der Waals surface area contributed by atoms with Crippen LogP contribution in [-0.4, -0.2) is 17.2 Å². The molecule has 0 heterocycles. The fourth-order valence-electron chi connectivity index (χ4n) is 2.06. The molecule has 1 amide bonds. The summed E-state index contributed by atoms with van der Waals surface area (Å²) in [6.45, 7) is 0.0567. The van der Waals surface area contributed by atoms with Gasteiger partial charge >= 0.3 is 12.1 Å². The molecule has 24 heavy (non-hydrogen) atoms. The SMILES string of the molecule is O=C(O)C[C@H](NC(=O)OCc1ccccc1)c1ccc(Br)c(F)c1. The number of hydrogen-bond acceptors (Lipinski definition) is 3. The monoisotopic (exact) mass is 395 g/mol. The van der Waals surface area contributed by atoms with Crippen LogP contribution < -0.4 is 5.32 Å². The highest BCUT2D eigenvalue weighted by Crippen LogP contribution is 2.23. The Morgan fingerprint density at radius 2 is 1.92 bits per heavy atom. The van der Waals surface area contributed by atoms with Gasteiger partial charge in [-0.3, -0.25) is 4.79 Å². The molecular weight excluding hydrogens is 381 g/mol. The van der Waals surface area contributed by atoms with Crippen molar-refractivity contribution in [2.24, 2.45) is 0 Å². The van der Waals surface area contributed by atoms with E-state index in [9.17, 15) is 14.0 Å². The highest BCUT2D eigenvalue weighted by Gasteiger charge is 2.20. The number of benzene rings is 2. The summed E-state index contributed by atoms with van der Waals surface area (Å²) in [5, 5.41) is 11.5. The molecule has 7 heteroatoms. The van der Waals surface area contributed by atoms with E-state index < -0.39 is 23.9 Å². The molecule has 5 nitrogen and oxygen atoms in total. The number of rotatable bonds is 6. The van der Waals surface area contributed by atoms with Crippen LogP contribution in [0.1, 0.15) is 23.6 Å². The Bertz CT molecular complexity index is 724. The van der Waals surface area contributed by atoms with Crippen LogP contribution in [0.4, 0.5) is 9.18 Å². The predicted molar refractivity (Wildman–Crippen MR) is 88.9 cm³/mol. The van der Waals surface area contributed by atoms with Crippen molar-refractivity contribution < 1.29 is 23.8 Å². The molecule has 0 unspecified atom stereocenters. The molecule has 0 aliphatic carbocycles. The summed E-state index contributed by atoms with van der Waals surface area (Å²) < 4.78 is 19.0. The highest BCUT2D eigenvalue weighted by molar-refractivity contribution is 9.10. The lowest BCUT2D eigenvalue weighted by molar-refractivity contribution is -0.137. The van der Waals surface area contributed by atoms with E-state index in [4.69, 9.17) is 9.84 Å². The van der Waals surface area contributed by atoms with Crippen LogP contribution in [0.2, 0.25) is 0 Å². The zero-order valence-electron chi connectivity index (χ0n) is 12.5. The zero-order valence-corrected chi connectivity index (χ0v) is 14.1. The Morgan fingerprint density at radius 1 is 1.21 bits per heavy atom. The number of ether oxygens (including phenoxy) is 1. The fourth-order valence-corrected chi connectivity index (χ4v) is 2.31. The quantitative estimate of drug-likeness (QED) is 0.773. The van der Waals surface area contributed by atoms with E-state index in [1.165, 1.54) is 18.2 Å². The van der Waals surface area contributed by atoms with Crippen molar-refractivity contribution in [3.05, 3.63) is 69.9 Å². The van der Waals surface area contributed by atoms with E-state index in [2.05, 4.69) is 21.2 Å². The summed E-state index contributed by atoms with van der Waals surface area (Å²) in [4.78, 5) is 22.9. The van der Waals surface area contributed by atoms with Crippen LogP contribution >= 0.6 is 15.9 Å². The molecule has 2 rings (SSSR count). The van der Waals surface area contributed by atoms with E-state index in [1.807, 2.05) is 18.2 Å². The Balaban J connectivity index is 2.03. The molecule has 0 aliphatic heterocycles. The zero-order chi connectivity index (χ0) is 17.5. The van der Waals surface area contributed by atoms with E-state index >= 15 is 0 Å². The number of amides is 1. The standard InChI is InChI=1S/C17H15BrFNO4/c18-13-7-6-12(8-14(13)19)15(9-16(21)22)20-17(23)24-10-11-4-2-1-3-5-11/h1-8,15H,9-10H2,(H,20,23)(H,21,22)/t15-/m0/s1. The van der Waals surface area contributed by atoms with Gasteiger partial charge in [-0.25, -0.2) is 9.18 Å². The van der Waals surface area contributed by atoms with Gasteiger partial charge in [0.05, 0.1) is 16.9 Å². The molecule has 0 fully saturated rings. The third-order valence-corrected chi connectivity index (χ3v) is 3.87. The van der Waals surface area contributed by atoms with Crippen molar-refractivity contribution in [2.45, 2.75) is 19.1 Å². The van der Waals surface area contributed by atoms with Gasteiger partial charge in [-0.05, 0) is 39.2 Å². The van der Waals surface area contributed by atoms with E-state index in [-0.39, 0.29) is 17.5 Å². The molecule has 0 aromatic heterocycles. The van der Waals surface area contributed by atoms with Gasteiger partial charge in [0.2, 0.25) is 0 Å². The van der Waals surface area contributed by atoms with Crippen LogP contribution in [0.3, 0.4) is 0 Å². The molecule has 126 valence electrons. The summed E-state index contributed by atoms with van der Waals surface area (Å²) in [5.41, 5.74) is 1.15. The molecule has 0 saturated carbocycles. The van der Waals surface area contributed by atoms with E-state index in [0.717, 1.165) is 5.56 Å². The van der Waals surface area contributed by atoms with E-state index in [0.29, 0.717) is 5.56 Å². The second-order valence-electron chi connectivity index (χ2n) is 5.03. The molecule has 2 aromatic carbocycles. The third-order valence-electron chi connectivity index (χ3n) is 3.23. The summed E-state index contributed by atoms with van der Waals surface area (Å²) >= 11 is 3.03. The number of carboxylic acid groups (broad SMARTS) is 1. The minimum atomic E-state index is -1.12. The minimum absolute atomic E-state index is 0.0567. The lowest BCUT2D eigenvalue weighted by Gasteiger charge is -2.17. The lowest BCUT2D eigenvalue weighted by atomic mass is 10.0. The minimum Gasteiger partial charge on any atom is -0.481 e. The van der Waals surface area contributed by atoms with Crippen LogP contribution in [-0.2, 0) is 16.1 Å². The molecule has 0 aliphatic rings. The maximum Gasteiger partial charge on any atom is 0.407 e. The van der Waals surface area contributed by atoms with Crippen LogP contribution in [0, 0.1) is 5.82 Å². The van der Waals surface area contributed by atoms with Crippen LogP contribution in [0.5, 0.6) is 0 Å². The fraction of sp³-hybridized carbons (Fsp3) is 0.176. The number of alkyl carbamates (subject to hydrolysis) is 1. The average Bonchev–Trinajstić information content (AvgIpc) is 2.55. The Labute approximate surface area is 146 Å². The molecule has 2 aromatic rings. The first-order valence-corrected chi connectivity index (χ1v) is 7.89. The Morgan fingerprint density at radius 3 is 2.54 bits per heavy atom. The van der Waals surface area contributed by atoms with Gasteiger partial charge in [0, 0.05) is 0 Å². The van der Waals surface area contributed by atoms with Gasteiger partial charge in [0.1, 0.15) is 12.4 Å². The Hall–Kier alpha value is -2.41. The number of carbonyl (C=O) groups is 2. The second kappa shape index (κ2) is 8.44. The predicted octanol–water partition coefficient (Wildman–Crippen LogP) is 4.03. The molecule has 0 saturated heterocycles. The molecule has 2 N–H and O–H groups in total. The molecule has 0 bridgehead atoms. The number of halogens is 2. The van der Waals surface area contributed by atoms with Crippen molar-refractivity contribution in [1.29, 1.82) is 0 Å². The molecule has 0 radical (unpaired) electrons. The van der Waals surface area contributed by atoms with Crippen molar-refractivity contribution >= 4 is 28.0 Å². The van der Waals surface area contributed by atoms with Crippen molar-refractivity contribution in [1.82, 2.24) is 5.32 Å². The van der Waals surface area contributed by atoms with Gasteiger partial charge in [-0.1, -0.05) is 36.4 Å². The normalized spacial score (nSPS) is 11.6. The first kappa shape index (κ1) is 17.9. The largest absolute Gasteiger partial charge is 0.481 e. The first-order chi connectivity index (χ1) is 11.5. The third kappa shape index (κ3) is 5.34. The number of nitrogens with one attached hydrogen (secondary N) is 1. The van der Waals surface area contributed by atoms with Crippen molar-refractivity contribution in [3.8, 4) is 0 Å². The topological polar surface area (TPSA) is 75.6 Å². The van der Waals surface area contributed by atoms with E-state index in [1.54, 1.807) is 12.1 Å². The lowest BCUT2D eigenvalue weighted by Crippen LogP contribution is -2.30. The van der Waals surface area contributed by atoms with Gasteiger partial charge in [0.15, 0.2) is 0 Å². The summed E-state index contributed by atoms with van der Waals surface area (Å²) in [5.74, 6) is -1.66. The number of aliphatic carboxylic acids is 1. The second-order valence-corrected chi connectivity index (χ2v) is 5.88. The van der Waals surface area contributed by atoms with Gasteiger partial charge in [0.25, 0.3) is 0 Å².